The molecule has 4 rings (SSSR count). The van der Waals surface area contributed by atoms with Crippen LogP contribution in [-0.2, 0) is 12.0 Å². The highest BCUT2D eigenvalue weighted by atomic mass is 14.6. The lowest BCUT2D eigenvalue weighted by Gasteiger charge is -2.25. The van der Waals surface area contributed by atoms with Crippen molar-refractivity contribution in [3.63, 3.8) is 0 Å². The molecule has 0 aliphatic heterocycles. The first-order valence-corrected chi connectivity index (χ1v) is 8.36. The third-order valence-electron chi connectivity index (χ3n) is 5.23. The molecule has 0 saturated carbocycles. The van der Waals surface area contributed by atoms with Crippen LogP contribution >= 0.6 is 0 Å². The SMILES string of the molecule is CC1(C)c2ccccc2-c2ccc(N)c(-c3ccc(CN)cc3)c21. The van der Waals surface area contributed by atoms with Crippen molar-refractivity contribution in [2.24, 2.45) is 5.73 Å². The highest BCUT2D eigenvalue weighted by molar-refractivity contribution is 5.93. The van der Waals surface area contributed by atoms with E-state index in [9.17, 15) is 0 Å². The fourth-order valence-electron chi connectivity index (χ4n) is 4.01. The number of benzene rings is 3. The van der Waals surface area contributed by atoms with Crippen LogP contribution in [0.5, 0.6) is 0 Å². The van der Waals surface area contributed by atoms with Crippen LogP contribution in [0, 0.1) is 0 Å². The van der Waals surface area contributed by atoms with Crippen LogP contribution in [-0.4, -0.2) is 0 Å². The van der Waals surface area contributed by atoms with E-state index in [1.54, 1.807) is 0 Å². The second kappa shape index (κ2) is 5.22. The van der Waals surface area contributed by atoms with Gasteiger partial charge in [0.15, 0.2) is 0 Å². The van der Waals surface area contributed by atoms with Crippen molar-refractivity contribution in [2.45, 2.75) is 25.8 Å². The monoisotopic (exact) mass is 314 g/mol. The Balaban J connectivity index is 2.01. The Hall–Kier alpha value is -2.58. The minimum atomic E-state index is -0.0663. The summed E-state index contributed by atoms with van der Waals surface area (Å²) in [6.07, 6.45) is 0. The van der Waals surface area contributed by atoms with Crippen molar-refractivity contribution in [3.8, 4) is 22.3 Å². The lowest BCUT2D eigenvalue weighted by Crippen LogP contribution is -2.17. The summed E-state index contributed by atoms with van der Waals surface area (Å²) in [5, 5.41) is 0. The number of nitrogen functional groups attached to an aromatic ring is 1. The Morgan fingerprint density at radius 2 is 1.54 bits per heavy atom. The van der Waals surface area contributed by atoms with Crippen molar-refractivity contribution < 1.29 is 0 Å². The van der Waals surface area contributed by atoms with E-state index >= 15 is 0 Å². The minimum absolute atomic E-state index is 0.0663. The van der Waals surface area contributed by atoms with Gasteiger partial charge >= 0.3 is 0 Å². The molecule has 120 valence electrons. The van der Waals surface area contributed by atoms with Crippen molar-refractivity contribution >= 4 is 5.69 Å². The number of anilines is 1. The highest BCUT2D eigenvalue weighted by Crippen LogP contribution is 2.53. The summed E-state index contributed by atoms with van der Waals surface area (Å²) in [6.45, 7) is 5.13. The first-order chi connectivity index (χ1) is 11.5. The fraction of sp³-hybridized carbons (Fsp3) is 0.182. The summed E-state index contributed by atoms with van der Waals surface area (Å²) in [5.74, 6) is 0. The van der Waals surface area contributed by atoms with Crippen LogP contribution < -0.4 is 11.5 Å². The van der Waals surface area contributed by atoms with Gasteiger partial charge in [-0.25, -0.2) is 0 Å². The van der Waals surface area contributed by atoms with E-state index in [-0.39, 0.29) is 5.41 Å². The molecule has 1 aliphatic carbocycles. The van der Waals surface area contributed by atoms with E-state index in [4.69, 9.17) is 11.5 Å². The molecule has 0 spiro atoms. The Morgan fingerprint density at radius 3 is 2.25 bits per heavy atom. The largest absolute Gasteiger partial charge is 0.398 e. The van der Waals surface area contributed by atoms with Crippen molar-refractivity contribution in [2.75, 3.05) is 5.73 Å². The summed E-state index contributed by atoms with van der Waals surface area (Å²) in [5.41, 5.74) is 21.7. The summed E-state index contributed by atoms with van der Waals surface area (Å²) < 4.78 is 0. The first-order valence-electron chi connectivity index (χ1n) is 8.36. The topological polar surface area (TPSA) is 52.0 Å². The molecule has 0 aromatic heterocycles. The molecule has 0 fully saturated rings. The van der Waals surface area contributed by atoms with Gasteiger partial charge in [0.2, 0.25) is 0 Å². The third-order valence-corrected chi connectivity index (χ3v) is 5.23. The number of fused-ring (bicyclic) bond motifs is 3. The summed E-state index contributed by atoms with van der Waals surface area (Å²) in [7, 11) is 0. The smallest absolute Gasteiger partial charge is 0.0397 e. The third kappa shape index (κ3) is 2.00. The Labute approximate surface area is 143 Å². The second-order valence-corrected chi connectivity index (χ2v) is 7.02. The quantitative estimate of drug-likeness (QED) is 0.674. The molecule has 2 heteroatoms. The molecule has 0 bridgehead atoms. The van der Waals surface area contributed by atoms with Gasteiger partial charge in [-0.2, -0.15) is 0 Å². The Kier molecular flexibility index (Phi) is 3.26. The van der Waals surface area contributed by atoms with E-state index in [0.717, 1.165) is 22.4 Å². The van der Waals surface area contributed by atoms with Crippen LogP contribution in [0.4, 0.5) is 5.69 Å². The predicted molar refractivity (Wildman–Crippen MR) is 102 cm³/mol. The van der Waals surface area contributed by atoms with Gasteiger partial charge in [0.1, 0.15) is 0 Å². The van der Waals surface area contributed by atoms with E-state index < -0.39 is 0 Å². The average molecular weight is 314 g/mol. The van der Waals surface area contributed by atoms with Gasteiger partial charge in [-0.1, -0.05) is 68.4 Å². The molecule has 0 radical (unpaired) electrons. The van der Waals surface area contributed by atoms with Gasteiger partial charge in [-0.05, 0) is 39.4 Å². The van der Waals surface area contributed by atoms with Gasteiger partial charge < -0.3 is 11.5 Å². The molecule has 24 heavy (non-hydrogen) atoms. The lowest BCUT2D eigenvalue weighted by molar-refractivity contribution is 0.662. The molecule has 0 atom stereocenters. The number of rotatable bonds is 2. The lowest BCUT2D eigenvalue weighted by atomic mass is 9.78. The molecule has 3 aromatic rings. The fourth-order valence-corrected chi connectivity index (χ4v) is 4.01. The minimum Gasteiger partial charge on any atom is -0.398 e. The average Bonchev–Trinajstić information content (AvgIpc) is 2.83. The maximum atomic E-state index is 6.43. The van der Waals surface area contributed by atoms with Crippen molar-refractivity contribution in [1.82, 2.24) is 0 Å². The zero-order valence-electron chi connectivity index (χ0n) is 14.1. The molecular formula is C22H22N2. The maximum absolute atomic E-state index is 6.43. The van der Waals surface area contributed by atoms with Gasteiger partial charge in [0.25, 0.3) is 0 Å². The zero-order valence-corrected chi connectivity index (χ0v) is 14.1. The summed E-state index contributed by atoms with van der Waals surface area (Å²) in [6, 6.07) is 21.3. The zero-order chi connectivity index (χ0) is 16.9. The van der Waals surface area contributed by atoms with E-state index in [2.05, 4.69) is 68.4 Å². The number of nitrogens with two attached hydrogens (primary N) is 2. The number of hydrogen-bond donors (Lipinski definition) is 2. The normalized spacial score (nSPS) is 14.3. The van der Waals surface area contributed by atoms with Gasteiger partial charge in [-0.3, -0.25) is 0 Å². The standard InChI is InChI=1S/C22H22N2/c1-22(2)18-6-4-3-5-16(18)17-11-12-19(24)20(21(17)22)15-9-7-14(13-23)8-10-15/h3-12H,13,23-24H2,1-2H3. The van der Waals surface area contributed by atoms with Crippen LogP contribution in [0.3, 0.4) is 0 Å². The first kappa shape index (κ1) is 15.0. The highest BCUT2D eigenvalue weighted by Gasteiger charge is 2.37. The molecule has 4 N–H and O–H groups in total. The van der Waals surface area contributed by atoms with Gasteiger partial charge in [-0.15, -0.1) is 0 Å². The van der Waals surface area contributed by atoms with Crippen LogP contribution in [0.2, 0.25) is 0 Å². The molecule has 2 nitrogen and oxygen atoms in total. The van der Waals surface area contributed by atoms with Gasteiger partial charge in [0.05, 0.1) is 0 Å². The Bertz CT molecular complexity index is 921. The van der Waals surface area contributed by atoms with Crippen molar-refractivity contribution in [1.29, 1.82) is 0 Å². The van der Waals surface area contributed by atoms with Crippen molar-refractivity contribution in [3.05, 3.63) is 77.4 Å². The summed E-state index contributed by atoms with van der Waals surface area (Å²) >= 11 is 0. The number of hydrogen-bond acceptors (Lipinski definition) is 2. The van der Waals surface area contributed by atoms with Crippen LogP contribution in [0.25, 0.3) is 22.3 Å². The molecule has 0 saturated heterocycles. The molecule has 0 amide bonds. The molecule has 3 aromatic carbocycles. The predicted octanol–water partition coefficient (Wildman–Crippen LogP) is 4.70. The summed E-state index contributed by atoms with van der Waals surface area (Å²) in [4.78, 5) is 0. The van der Waals surface area contributed by atoms with Crippen LogP contribution in [0.1, 0.15) is 30.5 Å². The van der Waals surface area contributed by atoms with E-state index in [0.29, 0.717) is 6.54 Å². The second-order valence-electron chi connectivity index (χ2n) is 7.02. The van der Waals surface area contributed by atoms with E-state index in [1.807, 2.05) is 6.07 Å². The molecule has 1 aliphatic rings. The molecule has 0 unspecified atom stereocenters. The van der Waals surface area contributed by atoms with Gasteiger partial charge in [0, 0.05) is 23.2 Å². The Morgan fingerprint density at radius 1 is 0.833 bits per heavy atom. The van der Waals surface area contributed by atoms with E-state index in [1.165, 1.54) is 22.3 Å². The molecular weight excluding hydrogens is 292 g/mol. The maximum Gasteiger partial charge on any atom is 0.0397 e. The molecule has 0 heterocycles. The van der Waals surface area contributed by atoms with Crippen LogP contribution in [0.15, 0.2) is 60.7 Å².